The fourth-order valence-electron chi connectivity index (χ4n) is 3.56. The van der Waals surface area contributed by atoms with Gasteiger partial charge >= 0.3 is 0 Å². The van der Waals surface area contributed by atoms with Crippen LogP contribution >= 0.6 is 0 Å². The summed E-state index contributed by atoms with van der Waals surface area (Å²) >= 11 is 0. The lowest BCUT2D eigenvalue weighted by Gasteiger charge is -2.13. The summed E-state index contributed by atoms with van der Waals surface area (Å²) in [4.78, 5) is 18.3. The Morgan fingerprint density at radius 1 is 1.29 bits per heavy atom. The maximum Gasteiger partial charge on any atom is 0.231 e. The van der Waals surface area contributed by atoms with E-state index in [1.54, 1.807) is 0 Å². The number of carbonyl (C=O) groups is 1. The van der Waals surface area contributed by atoms with Crippen LogP contribution in [0.5, 0.6) is 0 Å². The number of rotatable bonds is 4. The van der Waals surface area contributed by atoms with E-state index >= 15 is 0 Å². The van der Waals surface area contributed by atoms with E-state index < -0.39 is 0 Å². The molecular weight excluding hydrogens is 302 g/mol. The van der Waals surface area contributed by atoms with Gasteiger partial charge in [-0.05, 0) is 43.9 Å². The van der Waals surface area contributed by atoms with Gasteiger partial charge in [-0.2, -0.15) is 4.98 Å². The quantitative estimate of drug-likeness (QED) is 0.864. The molecule has 1 aromatic carbocycles. The number of amides is 1. The lowest BCUT2D eigenvalue weighted by atomic mass is 9.97. The molecule has 24 heavy (non-hydrogen) atoms. The molecule has 1 fully saturated rings. The highest BCUT2D eigenvalue weighted by atomic mass is 16.5. The fraction of sp³-hybridized carbons (Fsp3) is 0.526. The summed E-state index contributed by atoms with van der Waals surface area (Å²) in [5, 5.41) is 4.16. The van der Waals surface area contributed by atoms with Crippen LogP contribution in [0.4, 0.5) is 0 Å². The first-order valence-electron chi connectivity index (χ1n) is 8.65. The summed E-state index contributed by atoms with van der Waals surface area (Å²) in [6, 6.07) is 4.38. The average Bonchev–Trinajstić information content (AvgIpc) is 3.19. The van der Waals surface area contributed by atoms with Gasteiger partial charge in [0.1, 0.15) is 0 Å². The van der Waals surface area contributed by atoms with Crippen molar-refractivity contribution in [2.24, 2.45) is 0 Å². The zero-order valence-corrected chi connectivity index (χ0v) is 14.9. The Bertz CT molecular complexity index is 728. The van der Waals surface area contributed by atoms with E-state index in [2.05, 4.69) is 43.0 Å². The monoisotopic (exact) mass is 327 g/mol. The van der Waals surface area contributed by atoms with Crippen LogP contribution in [-0.4, -0.2) is 34.0 Å². The predicted molar refractivity (Wildman–Crippen MR) is 92.0 cm³/mol. The van der Waals surface area contributed by atoms with Gasteiger partial charge in [-0.15, -0.1) is 0 Å². The largest absolute Gasteiger partial charge is 0.342 e. The van der Waals surface area contributed by atoms with Crippen molar-refractivity contribution in [2.45, 2.75) is 52.9 Å². The summed E-state index contributed by atoms with van der Waals surface area (Å²) in [7, 11) is 0. The Morgan fingerprint density at radius 2 is 2.00 bits per heavy atom. The molecule has 2 aromatic rings. The van der Waals surface area contributed by atoms with Gasteiger partial charge < -0.3 is 9.42 Å². The molecule has 5 heteroatoms. The predicted octanol–water partition coefficient (Wildman–Crippen LogP) is 3.31. The molecule has 1 aliphatic rings. The molecular formula is C19H25N3O2. The van der Waals surface area contributed by atoms with Crippen LogP contribution in [0.2, 0.25) is 0 Å². The van der Waals surface area contributed by atoms with Crippen LogP contribution < -0.4 is 0 Å². The Kier molecular flexibility index (Phi) is 4.69. The van der Waals surface area contributed by atoms with Gasteiger partial charge in [0.05, 0.1) is 5.92 Å². The number of aromatic nitrogens is 2. The van der Waals surface area contributed by atoms with Crippen LogP contribution in [0, 0.1) is 20.8 Å². The summed E-state index contributed by atoms with van der Waals surface area (Å²) in [6.07, 6.45) is 2.13. The lowest BCUT2D eigenvalue weighted by molar-refractivity contribution is -0.129. The second-order valence-corrected chi connectivity index (χ2v) is 6.78. The molecule has 1 atom stereocenters. The number of likely N-dealkylation sites (tertiary alicyclic amines) is 1. The second kappa shape index (κ2) is 6.75. The van der Waals surface area contributed by atoms with Crippen LogP contribution in [0.25, 0.3) is 0 Å². The molecule has 0 saturated carbocycles. The molecule has 2 heterocycles. The van der Waals surface area contributed by atoms with Crippen molar-refractivity contribution in [1.29, 1.82) is 0 Å². The SMILES string of the molecule is CCC(=O)N1CCC(c2nc(Cc3c(C)cc(C)cc3C)no2)C1. The van der Waals surface area contributed by atoms with Crippen molar-refractivity contribution in [3.8, 4) is 0 Å². The molecule has 128 valence electrons. The van der Waals surface area contributed by atoms with E-state index in [4.69, 9.17) is 4.52 Å². The van der Waals surface area contributed by atoms with Crippen molar-refractivity contribution in [2.75, 3.05) is 13.1 Å². The van der Waals surface area contributed by atoms with Gasteiger partial charge in [0.25, 0.3) is 0 Å². The van der Waals surface area contributed by atoms with Crippen LogP contribution in [-0.2, 0) is 11.2 Å². The highest BCUT2D eigenvalue weighted by Crippen LogP contribution is 2.27. The zero-order chi connectivity index (χ0) is 17.3. The summed E-state index contributed by atoms with van der Waals surface area (Å²) in [5.41, 5.74) is 5.07. The van der Waals surface area contributed by atoms with Gasteiger partial charge in [-0.3, -0.25) is 4.79 Å². The van der Waals surface area contributed by atoms with E-state index in [0.717, 1.165) is 18.8 Å². The normalized spacial score (nSPS) is 17.5. The number of carbonyl (C=O) groups excluding carboxylic acids is 1. The van der Waals surface area contributed by atoms with E-state index in [0.29, 0.717) is 25.3 Å². The molecule has 1 saturated heterocycles. The molecule has 5 nitrogen and oxygen atoms in total. The van der Waals surface area contributed by atoms with Crippen molar-refractivity contribution >= 4 is 5.91 Å². The van der Waals surface area contributed by atoms with Crippen LogP contribution in [0.3, 0.4) is 0 Å². The van der Waals surface area contributed by atoms with Crippen molar-refractivity contribution in [1.82, 2.24) is 15.0 Å². The maximum atomic E-state index is 11.8. The Balaban J connectivity index is 1.72. The molecule has 3 rings (SSSR count). The standard InChI is InChI=1S/C19H25N3O2/c1-5-18(23)22-7-6-15(11-22)19-20-17(21-24-19)10-16-13(3)8-12(2)9-14(16)4/h8-9,15H,5-7,10-11H2,1-4H3. The minimum absolute atomic E-state index is 0.168. The van der Waals surface area contributed by atoms with E-state index in [1.807, 2.05) is 11.8 Å². The Labute approximate surface area is 143 Å². The minimum atomic E-state index is 0.168. The summed E-state index contributed by atoms with van der Waals surface area (Å²) in [6.45, 7) is 9.73. The van der Waals surface area contributed by atoms with Gasteiger partial charge in [-0.1, -0.05) is 29.8 Å². The maximum absolute atomic E-state index is 11.8. The van der Waals surface area contributed by atoms with E-state index in [9.17, 15) is 4.79 Å². The van der Waals surface area contributed by atoms with Crippen LogP contribution in [0.1, 0.15) is 59.7 Å². The second-order valence-electron chi connectivity index (χ2n) is 6.78. The Hall–Kier alpha value is -2.17. The van der Waals surface area contributed by atoms with Crippen molar-refractivity contribution in [3.05, 3.63) is 46.1 Å². The number of benzene rings is 1. The smallest absolute Gasteiger partial charge is 0.231 e. The first-order chi connectivity index (χ1) is 11.5. The van der Waals surface area contributed by atoms with Gasteiger partial charge in [0, 0.05) is 25.9 Å². The molecule has 1 unspecified atom stereocenters. The highest BCUT2D eigenvalue weighted by molar-refractivity contribution is 5.76. The third kappa shape index (κ3) is 3.35. The van der Waals surface area contributed by atoms with Gasteiger partial charge in [-0.25, -0.2) is 0 Å². The number of hydrogen-bond donors (Lipinski definition) is 0. The third-order valence-electron chi connectivity index (χ3n) is 4.85. The molecule has 0 radical (unpaired) electrons. The first-order valence-corrected chi connectivity index (χ1v) is 8.65. The highest BCUT2D eigenvalue weighted by Gasteiger charge is 2.30. The molecule has 0 spiro atoms. The molecule has 0 bridgehead atoms. The molecule has 0 aliphatic carbocycles. The summed E-state index contributed by atoms with van der Waals surface area (Å²) in [5.74, 6) is 1.75. The molecule has 1 amide bonds. The topological polar surface area (TPSA) is 59.2 Å². The number of aryl methyl sites for hydroxylation is 3. The molecule has 0 N–H and O–H groups in total. The number of hydrogen-bond acceptors (Lipinski definition) is 4. The van der Waals surface area contributed by atoms with Gasteiger partial charge in [0.2, 0.25) is 11.8 Å². The van der Waals surface area contributed by atoms with Crippen molar-refractivity contribution < 1.29 is 9.32 Å². The first kappa shape index (κ1) is 16.7. The minimum Gasteiger partial charge on any atom is -0.342 e. The third-order valence-corrected chi connectivity index (χ3v) is 4.85. The van der Waals surface area contributed by atoms with E-state index in [1.165, 1.54) is 22.3 Å². The average molecular weight is 327 g/mol. The van der Waals surface area contributed by atoms with Gasteiger partial charge in [0.15, 0.2) is 5.82 Å². The van der Waals surface area contributed by atoms with Crippen molar-refractivity contribution in [3.63, 3.8) is 0 Å². The zero-order valence-electron chi connectivity index (χ0n) is 14.9. The molecule has 1 aromatic heterocycles. The summed E-state index contributed by atoms with van der Waals surface area (Å²) < 4.78 is 5.49. The Morgan fingerprint density at radius 3 is 2.67 bits per heavy atom. The fourth-order valence-corrected chi connectivity index (χ4v) is 3.56. The van der Waals surface area contributed by atoms with Crippen LogP contribution in [0.15, 0.2) is 16.7 Å². The molecule has 1 aliphatic heterocycles. The number of nitrogens with zero attached hydrogens (tertiary/aromatic N) is 3. The lowest BCUT2D eigenvalue weighted by Crippen LogP contribution is -2.27. The van der Waals surface area contributed by atoms with E-state index in [-0.39, 0.29) is 11.8 Å².